The first-order chi connectivity index (χ1) is 10.2. The highest BCUT2D eigenvalue weighted by molar-refractivity contribution is 5.80. The zero-order valence-corrected chi connectivity index (χ0v) is 13.4. The second-order valence-corrected chi connectivity index (χ2v) is 5.85. The molecule has 118 valence electrons. The number of guanidine groups is 1. The summed E-state index contributed by atoms with van der Waals surface area (Å²) in [7, 11) is 0. The van der Waals surface area contributed by atoms with Crippen LogP contribution in [0, 0.1) is 12.8 Å². The lowest BCUT2D eigenvalue weighted by Crippen LogP contribution is -2.44. The summed E-state index contributed by atoms with van der Waals surface area (Å²) in [6.07, 6.45) is 5.75. The highest BCUT2D eigenvalue weighted by Gasteiger charge is 2.18. The van der Waals surface area contributed by atoms with Gasteiger partial charge in [0.15, 0.2) is 11.8 Å². The molecular formula is C15H27N5O. The van der Waals surface area contributed by atoms with Gasteiger partial charge < -0.3 is 15.2 Å². The first-order valence-electron chi connectivity index (χ1n) is 8.01. The Morgan fingerprint density at radius 2 is 2.10 bits per heavy atom. The minimum atomic E-state index is 0.546. The molecule has 0 aliphatic heterocycles. The molecule has 1 aromatic rings. The van der Waals surface area contributed by atoms with Gasteiger partial charge in [0.05, 0.1) is 6.54 Å². The van der Waals surface area contributed by atoms with Gasteiger partial charge in [0.1, 0.15) is 0 Å². The van der Waals surface area contributed by atoms with Gasteiger partial charge in [-0.15, -0.1) is 0 Å². The number of hydrogen-bond acceptors (Lipinski definition) is 4. The van der Waals surface area contributed by atoms with Crippen LogP contribution in [0.2, 0.25) is 0 Å². The van der Waals surface area contributed by atoms with Gasteiger partial charge in [0.2, 0.25) is 5.89 Å². The molecule has 2 N–H and O–H groups in total. The lowest BCUT2D eigenvalue weighted by Gasteiger charge is -2.28. The topological polar surface area (TPSA) is 75.3 Å². The molecule has 6 heteroatoms. The van der Waals surface area contributed by atoms with Crippen LogP contribution in [-0.2, 0) is 6.42 Å². The second-order valence-electron chi connectivity index (χ2n) is 5.85. The summed E-state index contributed by atoms with van der Waals surface area (Å²) >= 11 is 0. The Morgan fingerprint density at radius 1 is 1.33 bits per heavy atom. The number of nitrogens with one attached hydrogen (secondary N) is 2. The molecule has 1 aliphatic carbocycles. The van der Waals surface area contributed by atoms with E-state index in [0.29, 0.717) is 30.7 Å². The molecule has 0 unspecified atom stereocenters. The van der Waals surface area contributed by atoms with E-state index in [1.165, 1.54) is 25.7 Å². The van der Waals surface area contributed by atoms with Crippen molar-refractivity contribution in [3.63, 3.8) is 0 Å². The van der Waals surface area contributed by atoms with E-state index in [0.717, 1.165) is 18.4 Å². The first-order valence-corrected chi connectivity index (χ1v) is 8.01. The second kappa shape index (κ2) is 8.00. The molecule has 1 fully saturated rings. The molecule has 0 atom stereocenters. The highest BCUT2D eigenvalue weighted by Crippen LogP contribution is 2.23. The van der Waals surface area contributed by atoms with Crippen LogP contribution in [0.15, 0.2) is 9.52 Å². The number of aliphatic imine (C=N–C) groups is 1. The maximum absolute atomic E-state index is 5.10. The van der Waals surface area contributed by atoms with E-state index in [-0.39, 0.29) is 0 Å². The number of hydrogen-bond donors (Lipinski definition) is 2. The molecule has 0 spiro atoms. The van der Waals surface area contributed by atoms with E-state index in [4.69, 9.17) is 4.52 Å². The Balaban J connectivity index is 1.81. The summed E-state index contributed by atoms with van der Waals surface area (Å²) in [5.41, 5.74) is 0. The molecule has 1 aromatic heterocycles. The van der Waals surface area contributed by atoms with Gasteiger partial charge in [-0.05, 0) is 45.4 Å². The third kappa shape index (κ3) is 5.36. The summed E-state index contributed by atoms with van der Waals surface area (Å²) in [5.74, 6) is 3.09. The molecule has 0 radical (unpaired) electrons. The van der Waals surface area contributed by atoms with Crippen LogP contribution in [0.25, 0.3) is 0 Å². The third-order valence-corrected chi connectivity index (χ3v) is 3.87. The van der Waals surface area contributed by atoms with E-state index < -0.39 is 0 Å². The maximum Gasteiger partial charge on any atom is 0.228 e. The van der Waals surface area contributed by atoms with Gasteiger partial charge in [-0.2, -0.15) is 4.98 Å². The van der Waals surface area contributed by atoms with Crippen LogP contribution in [0.1, 0.15) is 51.2 Å². The van der Waals surface area contributed by atoms with Crippen LogP contribution >= 0.6 is 0 Å². The smallest absolute Gasteiger partial charge is 0.228 e. The van der Waals surface area contributed by atoms with E-state index in [1.807, 2.05) is 6.92 Å². The molecule has 1 heterocycles. The van der Waals surface area contributed by atoms with Gasteiger partial charge in [-0.1, -0.05) is 12.1 Å². The number of aromatic nitrogens is 2. The Kier molecular flexibility index (Phi) is 6.02. The average Bonchev–Trinajstić information content (AvgIpc) is 2.87. The van der Waals surface area contributed by atoms with E-state index in [9.17, 15) is 0 Å². The number of rotatable bonds is 5. The molecule has 0 bridgehead atoms. The SMILES string of the molecule is CCNC(=NCCc1nc(C)no1)NC1CCC(C)CC1. The van der Waals surface area contributed by atoms with Gasteiger partial charge >= 0.3 is 0 Å². The van der Waals surface area contributed by atoms with E-state index >= 15 is 0 Å². The van der Waals surface area contributed by atoms with Gasteiger partial charge in [0, 0.05) is 19.0 Å². The van der Waals surface area contributed by atoms with Crippen molar-refractivity contribution in [1.82, 2.24) is 20.8 Å². The Hall–Kier alpha value is -1.59. The van der Waals surface area contributed by atoms with Gasteiger partial charge in [-0.25, -0.2) is 0 Å². The van der Waals surface area contributed by atoms with Crippen molar-refractivity contribution in [3.05, 3.63) is 11.7 Å². The highest BCUT2D eigenvalue weighted by atomic mass is 16.5. The molecule has 6 nitrogen and oxygen atoms in total. The standard InChI is InChI=1S/C15H27N5O/c1-4-16-15(19-13-7-5-11(2)6-8-13)17-10-9-14-18-12(3)20-21-14/h11,13H,4-10H2,1-3H3,(H2,16,17,19). The Bertz CT molecular complexity index is 449. The molecule has 0 amide bonds. The quantitative estimate of drug-likeness (QED) is 0.642. The summed E-state index contributed by atoms with van der Waals surface area (Å²) in [4.78, 5) is 8.79. The summed E-state index contributed by atoms with van der Waals surface area (Å²) < 4.78 is 5.10. The number of nitrogens with zero attached hydrogens (tertiary/aromatic N) is 3. The Morgan fingerprint density at radius 3 is 2.71 bits per heavy atom. The lowest BCUT2D eigenvalue weighted by atomic mass is 9.87. The van der Waals surface area contributed by atoms with Crippen LogP contribution in [0.3, 0.4) is 0 Å². The predicted molar refractivity (Wildman–Crippen MR) is 83.3 cm³/mol. The molecule has 21 heavy (non-hydrogen) atoms. The minimum absolute atomic E-state index is 0.546. The van der Waals surface area contributed by atoms with E-state index in [1.54, 1.807) is 0 Å². The third-order valence-electron chi connectivity index (χ3n) is 3.87. The maximum atomic E-state index is 5.10. The summed E-state index contributed by atoms with van der Waals surface area (Å²) in [6, 6.07) is 0.546. The van der Waals surface area contributed by atoms with Crippen LogP contribution < -0.4 is 10.6 Å². The van der Waals surface area contributed by atoms with Crippen molar-refractivity contribution >= 4 is 5.96 Å². The van der Waals surface area contributed by atoms with Crippen LogP contribution in [0.4, 0.5) is 0 Å². The number of aryl methyl sites for hydroxylation is 1. The van der Waals surface area contributed by atoms with Crippen molar-refractivity contribution in [1.29, 1.82) is 0 Å². The van der Waals surface area contributed by atoms with Crippen LogP contribution in [-0.4, -0.2) is 35.2 Å². The monoisotopic (exact) mass is 293 g/mol. The van der Waals surface area contributed by atoms with Crippen molar-refractivity contribution in [2.45, 2.75) is 58.9 Å². The fourth-order valence-electron chi connectivity index (χ4n) is 2.62. The van der Waals surface area contributed by atoms with Crippen molar-refractivity contribution in [3.8, 4) is 0 Å². The average molecular weight is 293 g/mol. The predicted octanol–water partition coefficient (Wildman–Crippen LogP) is 2.05. The Labute approximate surface area is 126 Å². The first kappa shape index (κ1) is 15.8. The van der Waals surface area contributed by atoms with Crippen molar-refractivity contribution in [2.24, 2.45) is 10.9 Å². The molecule has 1 saturated carbocycles. The molecule has 0 saturated heterocycles. The molecular weight excluding hydrogens is 266 g/mol. The van der Waals surface area contributed by atoms with Gasteiger partial charge in [-0.3, -0.25) is 4.99 Å². The fourth-order valence-corrected chi connectivity index (χ4v) is 2.62. The molecule has 1 aliphatic rings. The zero-order valence-electron chi connectivity index (χ0n) is 13.4. The minimum Gasteiger partial charge on any atom is -0.357 e. The lowest BCUT2D eigenvalue weighted by molar-refractivity contribution is 0.329. The fraction of sp³-hybridized carbons (Fsp3) is 0.800. The summed E-state index contributed by atoms with van der Waals surface area (Å²) in [5, 5.41) is 10.6. The normalized spacial score (nSPS) is 23.1. The van der Waals surface area contributed by atoms with Crippen molar-refractivity contribution in [2.75, 3.05) is 13.1 Å². The summed E-state index contributed by atoms with van der Waals surface area (Å²) in [6.45, 7) is 7.77. The zero-order chi connectivity index (χ0) is 15.1. The molecule has 2 rings (SSSR count). The molecule has 0 aromatic carbocycles. The van der Waals surface area contributed by atoms with Crippen LogP contribution in [0.5, 0.6) is 0 Å². The van der Waals surface area contributed by atoms with E-state index in [2.05, 4.69) is 39.6 Å². The van der Waals surface area contributed by atoms with Gasteiger partial charge in [0.25, 0.3) is 0 Å². The van der Waals surface area contributed by atoms with Crippen molar-refractivity contribution < 1.29 is 4.52 Å². The largest absolute Gasteiger partial charge is 0.357 e.